The van der Waals surface area contributed by atoms with Gasteiger partial charge in [-0.3, -0.25) is 4.79 Å². The molecule has 0 bridgehead atoms. The third-order valence-electron chi connectivity index (χ3n) is 3.03. The van der Waals surface area contributed by atoms with Crippen molar-refractivity contribution in [1.29, 1.82) is 0 Å². The molecule has 0 saturated carbocycles. The van der Waals surface area contributed by atoms with Gasteiger partial charge in [-0.25, -0.2) is 4.39 Å². The van der Waals surface area contributed by atoms with E-state index in [1.807, 2.05) is 42.2 Å². The molecule has 0 aliphatic heterocycles. The number of carbonyl (C=O) groups is 1. The van der Waals surface area contributed by atoms with Crippen molar-refractivity contribution in [3.05, 3.63) is 59.9 Å². The van der Waals surface area contributed by atoms with Crippen LogP contribution in [0.2, 0.25) is 0 Å². The minimum atomic E-state index is -0.376. The van der Waals surface area contributed by atoms with Gasteiger partial charge < -0.3 is 4.90 Å². The lowest BCUT2D eigenvalue weighted by molar-refractivity contribution is 0.101. The van der Waals surface area contributed by atoms with Crippen LogP contribution < -0.4 is 4.90 Å². The molecule has 2 aromatic rings. The molecule has 0 fully saturated rings. The zero-order valence-electron chi connectivity index (χ0n) is 11.1. The number of ketones is 1. The third kappa shape index (κ3) is 2.81. The van der Waals surface area contributed by atoms with E-state index in [4.69, 9.17) is 0 Å². The molecule has 0 unspecified atom stereocenters. The lowest BCUT2D eigenvalue weighted by atomic mass is 10.1. The fraction of sp³-hybridized carbons (Fsp3) is 0.188. The van der Waals surface area contributed by atoms with Crippen LogP contribution in [0.4, 0.5) is 15.8 Å². The van der Waals surface area contributed by atoms with Gasteiger partial charge in [-0.1, -0.05) is 18.2 Å². The molecule has 0 saturated heterocycles. The molecule has 2 rings (SSSR count). The number of hydrogen-bond donors (Lipinski definition) is 0. The number of benzene rings is 2. The highest BCUT2D eigenvalue weighted by Gasteiger charge is 2.13. The summed E-state index contributed by atoms with van der Waals surface area (Å²) < 4.78 is 14.1. The zero-order valence-corrected chi connectivity index (χ0v) is 11.1. The minimum Gasteiger partial charge on any atom is -0.339 e. The summed E-state index contributed by atoms with van der Waals surface area (Å²) in [6.07, 6.45) is 0. The van der Waals surface area contributed by atoms with Crippen LogP contribution in [0.3, 0.4) is 0 Å². The Morgan fingerprint density at radius 3 is 2.37 bits per heavy atom. The van der Waals surface area contributed by atoms with Crippen LogP contribution in [0.15, 0.2) is 48.5 Å². The van der Waals surface area contributed by atoms with Crippen molar-refractivity contribution in [3.8, 4) is 0 Å². The molecule has 19 heavy (non-hydrogen) atoms. The summed E-state index contributed by atoms with van der Waals surface area (Å²) in [5, 5.41) is 0. The summed E-state index contributed by atoms with van der Waals surface area (Å²) in [4.78, 5) is 13.1. The average molecular weight is 257 g/mol. The Kier molecular flexibility index (Phi) is 3.95. The smallest absolute Gasteiger partial charge is 0.159 e. The van der Waals surface area contributed by atoms with Gasteiger partial charge in [0, 0.05) is 17.8 Å². The Morgan fingerprint density at radius 2 is 1.84 bits per heavy atom. The quantitative estimate of drug-likeness (QED) is 0.765. The van der Waals surface area contributed by atoms with Crippen LogP contribution in [0.25, 0.3) is 0 Å². The van der Waals surface area contributed by atoms with Gasteiger partial charge in [-0.15, -0.1) is 0 Å². The van der Waals surface area contributed by atoms with Crippen molar-refractivity contribution >= 4 is 17.2 Å². The molecule has 2 aromatic carbocycles. The van der Waals surface area contributed by atoms with E-state index >= 15 is 0 Å². The highest BCUT2D eigenvalue weighted by molar-refractivity contribution is 5.94. The van der Waals surface area contributed by atoms with Crippen molar-refractivity contribution in [1.82, 2.24) is 0 Å². The lowest BCUT2D eigenvalue weighted by Gasteiger charge is -2.24. The van der Waals surface area contributed by atoms with Crippen molar-refractivity contribution in [3.63, 3.8) is 0 Å². The fourth-order valence-corrected chi connectivity index (χ4v) is 2.04. The summed E-state index contributed by atoms with van der Waals surface area (Å²) in [7, 11) is 0. The monoisotopic (exact) mass is 257 g/mol. The molecule has 98 valence electrons. The van der Waals surface area contributed by atoms with Crippen molar-refractivity contribution in [2.24, 2.45) is 0 Å². The van der Waals surface area contributed by atoms with Crippen LogP contribution in [-0.2, 0) is 0 Å². The number of para-hydroxylation sites is 1. The number of nitrogens with zero attached hydrogens (tertiary/aromatic N) is 1. The minimum absolute atomic E-state index is 0.131. The molecule has 3 heteroatoms. The molecule has 0 atom stereocenters. The Labute approximate surface area is 112 Å². The first kappa shape index (κ1) is 13.3. The van der Waals surface area contributed by atoms with Crippen LogP contribution in [0.1, 0.15) is 24.2 Å². The summed E-state index contributed by atoms with van der Waals surface area (Å²) in [6, 6.07) is 14.2. The normalized spacial score (nSPS) is 10.3. The maximum atomic E-state index is 14.1. The van der Waals surface area contributed by atoms with Gasteiger partial charge in [-0.2, -0.15) is 0 Å². The summed E-state index contributed by atoms with van der Waals surface area (Å²) in [5.41, 5.74) is 1.81. The standard InChI is InChI=1S/C16H16FNO/c1-3-18(14-7-5-4-6-8-14)16-10-9-13(12(2)19)11-15(16)17/h4-11H,3H2,1-2H3. The van der Waals surface area contributed by atoms with E-state index in [9.17, 15) is 9.18 Å². The topological polar surface area (TPSA) is 20.3 Å². The van der Waals surface area contributed by atoms with Crippen LogP contribution in [0, 0.1) is 5.82 Å². The molecule has 0 N–H and O–H groups in total. The number of carbonyl (C=O) groups excluding carboxylic acids is 1. The molecule has 0 amide bonds. The molecule has 0 aliphatic carbocycles. The van der Waals surface area contributed by atoms with Crippen molar-refractivity contribution in [2.75, 3.05) is 11.4 Å². The van der Waals surface area contributed by atoms with Crippen molar-refractivity contribution < 1.29 is 9.18 Å². The first-order valence-electron chi connectivity index (χ1n) is 6.26. The molecule has 0 aliphatic rings. The average Bonchev–Trinajstić information content (AvgIpc) is 2.42. The zero-order chi connectivity index (χ0) is 13.8. The van der Waals surface area contributed by atoms with Gasteiger partial charge in [0.1, 0.15) is 5.82 Å². The van der Waals surface area contributed by atoms with E-state index in [0.29, 0.717) is 17.8 Å². The Bertz CT molecular complexity index is 581. The van der Waals surface area contributed by atoms with E-state index in [-0.39, 0.29) is 11.6 Å². The van der Waals surface area contributed by atoms with Crippen LogP contribution in [0.5, 0.6) is 0 Å². The Hall–Kier alpha value is -2.16. The number of anilines is 2. The van der Waals surface area contributed by atoms with Gasteiger partial charge in [0.2, 0.25) is 0 Å². The van der Waals surface area contributed by atoms with Crippen LogP contribution in [-0.4, -0.2) is 12.3 Å². The van der Waals surface area contributed by atoms with Gasteiger partial charge in [0.25, 0.3) is 0 Å². The largest absolute Gasteiger partial charge is 0.339 e. The van der Waals surface area contributed by atoms with Crippen molar-refractivity contribution in [2.45, 2.75) is 13.8 Å². The van der Waals surface area contributed by atoms with Crippen LogP contribution >= 0.6 is 0 Å². The molecule has 2 nitrogen and oxygen atoms in total. The van der Waals surface area contributed by atoms with E-state index in [1.54, 1.807) is 12.1 Å². The predicted molar refractivity (Wildman–Crippen MR) is 75.5 cm³/mol. The first-order valence-corrected chi connectivity index (χ1v) is 6.26. The molecule has 0 aromatic heterocycles. The van der Waals surface area contributed by atoms with Gasteiger partial charge in [0.15, 0.2) is 5.78 Å². The summed E-state index contributed by atoms with van der Waals surface area (Å²) >= 11 is 0. The number of rotatable bonds is 4. The molecule has 0 spiro atoms. The Balaban J connectivity index is 2.42. The molecular formula is C16H16FNO. The number of Topliss-reactive ketones (excluding diaryl/α,β-unsaturated/α-hetero) is 1. The van der Waals surface area contributed by atoms with Gasteiger partial charge in [-0.05, 0) is 44.2 Å². The Morgan fingerprint density at radius 1 is 1.16 bits per heavy atom. The lowest BCUT2D eigenvalue weighted by Crippen LogP contribution is -2.17. The second-order valence-electron chi connectivity index (χ2n) is 4.30. The summed E-state index contributed by atoms with van der Waals surface area (Å²) in [5.74, 6) is -0.508. The van der Waals surface area contributed by atoms with E-state index < -0.39 is 0 Å². The summed E-state index contributed by atoms with van der Waals surface area (Å²) in [6.45, 7) is 4.05. The molecular weight excluding hydrogens is 241 g/mol. The second-order valence-corrected chi connectivity index (χ2v) is 4.30. The highest BCUT2D eigenvalue weighted by atomic mass is 19.1. The fourth-order valence-electron chi connectivity index (χ4n) is 2.04. The maximum absolute atomic E-state index is 14.1. The first-order chi connectivity index (χ1) is 9.13. The molecule has 0 heterocycles. The number of hydrogen-bond acceptors (Lipinski definition) is 2. The second kappa shape index (κ2) is 5.65. The van der Waals surface area contributed by atoms with E-state index in [1.165, 1.54) is 13.0 Å². The maximum Gasteiger partial charge on any atom is 0.159 e. The molecule has 0 radical (unpaired) electrons. The predicted octanol–water partition coefficient (Wildman–Crippen LogP) is 4.19. The third-order valence-corrected chi connectivity index (χ3v) is 3.03. The van der Waals surface area contributed by atoms with E-state index in [2.05, 4.69) is 0 Å². The van der Waals surface area contributed by atoms with Gasteiger partial charge in [0.05, 0.1) is 5.69 Å². The SMILES string of the molecule is CCN(c1ccccc1)c1ccc(C(C)=O)cc1F. The highest BCUT2D eigenvalue weighted by Crippen LogP contribution is 2.28. The van der Waals surface area contributed by atoms with E-state index in [0.717, 1.165) is 5.69 Å². The number of halogens is 1. The van der Waals surface area contributed by atoms with Gasteiger partial charge >= 0.3 is 0 Å².